The van der Waals surface area contributed by atoms with E-state index in [1.807, 2.05) is 69.6 Å². The Morgan fingerprint density at radius 2 is 1.94 bits per heavy atom. The van der Waals surface area contributed by atoms with Crippen molar-refractivity contribution in [1.29, 1.82) is 0 Å². The molecule has 3 heterocycles. The van der Waals surface area contributed by atoms with Crippen molar-refractivity contribution in [3.05, 3.63) is 55.0 Å². The zero-order chi connectivity index (χ0) is 24.5. The summed E-state index contributed by atoms with van der Waals surface area (Å²) in [5.74, 6) is 0.527. The maximum Gasteiger partial charge on any atom is 0.322 e. The van der Waals surface area contributed by atoms with Crippen LogP contribution in [0, 0.1) is 0 Å². The van der Waals surface area contributed by atoms with Gasteiger partial charge in [0.1, 0.15) is 17.8 Å². The molecule has 1 N–H and O–H groups in total. The minimum Gasteiger partial charge on any atom is -0.494 e. The van der Waals surface area contributed by atoms with E-state index >= 15 is 0 Å². The van der Waals surface area contributed by atoms with Gasteiger partial charge in [0.2, 0.25) is 0 Å². The van der Waals surface area contributed by atoms with Crippen LogP contribution < -0.4 is 10.1 Å². The summed E-state index contributed by atoms with van der Waals surface area (Å²) < 4.78 is 13.0. The fourth-order valence-corrected chi connectivity index (χ4v) is 4.44. The molecule has 180 valence electrons. The van der Waals surface area contributed by atoms with E-state index in [9.17, 15) is 4.79 Å². The van der Waals surface area contributed by atoms with Crippen LogP contribution in [0.15, 0.2) is 55.0 Å². The highest BCUT2D eigenvalue weighted by Gasteiger charge is 2.30. The summed E-state index contributed by atoms with van der Waals surface area (Å²) in [6.07, 6.45) is 3.45. The van der Waals surface area contributed by atoms with Crippen LogP contribution >= 0.6 is 0 Å². The van der Waals surface area contributed by atoms with Crippen molar-refractivity contribution in [2.24, 2.45) is 7.05 Å². The first kappa shape index (κ1) is 22.8. The molecule has 1 fully saturated rings. The molecule has 9 heteroatoms. The number of hydrogen-bond acceptors (Lipinski definition) is 6. The molecule has 0 radical (unpaired) electrons. The third-order valence-corrected chi connectivity index (χ3v) is 6.47. The molecule has 0 saturated carbocycles. The van der Waals surface area contributed by atoms with Gasteiger partial charge in [0.05, 0.1) is 42.8 Å². The van der Waals surface area contributed by atoms with Gasteiger partial charge < -0.3 is 19.7 Å². The number of amides is 2. The average molecular weight is 473 g/mol. The summed E-state index contributed by atoms with van der Waals surface area (Å²) in [5, 5.41) is 8.51. The molecule has 2 amide bonds. The lowest BCUT2D eigenvalue weighted by molar-refractivity contribution is -0.0355. The lowest BCUT2D eigenvalue weighted by atomic mass is 10.0. The number of nitrogens with one attached hydrogen (secondary N) is 1. The van der Waals surface area contributed by atoms with Crippen molar-refractivity contribution in [2.75, 3.05) is 25.6 Å². The molecule has 0 aliphatic carbocycles. The van der Waals surface area contributed by atoms with Gasteiger partial charge in [-0.15, -0.1) is 0 Å². The van der Waals surface area contributed by atoms with Gasteiger partial charge in [0, 0.05) is 42.4 Å². The number of methoxy groups -OCH3 is 1. The van der Waals surface area contributed by atoms with Crippen LogP contribution in [0.25, 0.3) is 33.4 Å². The van der Waals surface area contributed by atoms with Gasteiger partial charge in [-0.25, -0.2) is 14.8 Å². The summed E-state index contributed by atoms with van der Waals surface area (Å²) in [5.41, 5.74) is 4.69. The molecule has 0 bridgehead atoms. The highest BCUT2D eigenvalue weighted by Crippen LogP contribution is 2.37. The summed E-state index contributed by atoms with van der Waals surface area (Å²) in [6.45, 7) is 5.00. The van der Waals surface area contributed by atoms with E-state index < -0.39 is 0 Å². The standard InChI is InChI=1S/C26H28N6O3/c1-16-17(2)35-11-10-32(16)26(33)29-22-12-19-21(13-23(22)34-4)27-15-28-25(19)20-14-31(3)30-24(20)18-8-6-5-7-9-18/h5-9,12-17H,10-11H2,1-4H3,(H,29,33)/t16-,17-/m0/s1. The number of urea groups is 1. The molecule has 1 saturated heterocycles. The number of hydrogen-bond donors (Lipinski definition) is 1. The first-order valence-corrected chi connectivity index (χ1v) is 11.6. The quantitative estimate of drug-likeness (QED) is 0.475. The number of morpholine rings is 1. The third-order valence-electron chi connectivity index (χ3n) is 6.47. The normalized spacial score (nSPS) is 18.0. The number of anilines is 1. The molecule has 35 heavy (non-hydrogen) atoms. The molecule has 4 aromatic rings. The van der Waals surface area contributed by atoms with E-state index in [4.69, 9.17) is 9.47 Å². The van der Waals surface area contributed by atoms with E-state index in [1.54, 1.807) is 16.7 Å². The van der Waals surface area contributed by atoms with Crippen LogP contribution in [0.5, 0.6) is 5.75 Å². The minimum absolute atomic E-state index is 0.0324. The second-order valence-electron chi connectivity index (χ2n) is 8.66. The van der Waals surface area contributed by atoms with Gasteiger partial charge in [-0.2, -0.15) is 5.10 Å². The number of aryl methyl sites for hydroxylation is 1. The Morgan fingerprint density at radius 1 is 1.14 bits per heavy atom. The van der Waals surface area contributed by atoms with Gasteiger partial charge in [0.25, 0.3) is 0 Å². The second kappa shape index (κ2) is 9.34. The minimum atomic E-state index is -0.199. The molecule has 2 aromatic carbocycles. The van der Waals surface area contributed by atoms with Crippen molar-refractivity contribution in [3.63, 3.8) is 0 Å². The Morgan fingerprint density at radius 3 is 2.71 bits per heavy atom. The van der Waals surface area contributed by atoms with Crippen LogP contribution in [0.1, 0.15) is 13.8 Å². The van der Waals surface area contributed by atoms with E-state index in [1.165, 1.54) is 6.33 Å². The smallest absolute Gasteiger partial charge is 0.322 e. The highest BCUT2D eigenvalue weighted by molar-refractivity contribution is 6.01. The lowest BCUT2D eigenvalue weighted by Crippen LogP contribution is -2.52. The van der Waals surface area contributed by atoms with Crippen molar-refractivity contribution in [1.82, 2.24) is 24.6 Å². The van der Waals surface area contributed by atoms with Gasteiger partial charge in [0.15, 0.2) is 0 Å². The van der Waals surface area contributed by atoms with Crippen LogP contribution in [0.2, 0.25) is 0 Å². The SMILES string of the molecule is COc1cc2ncnc(-c3cn(C)nc3-c3ccccc3)c2cc1NC(=O)N1CCO[C@@H](C)[C@@H]1C. The number of aromatic nitrogens is 4. The Kier molecular flexibility index (Phi) is 6.08. The fourth-order valence-electron chi connectivity index (χ4n) is 4.44. The molecular weight excluding hydrogens is 444 g/mol. The van der Waals surface area contributed by atoms with Crippen molar-refractivity contribution < 1.29 is 14.3 Å². The highest BCUT2D eigenvalue weighted by atomic mass is 16.5. The zero-order valence-electron chi connectivity index (χ0n) is 20.2. The van der Waals surface area contributed by atoms with Crippen LogP contribution in [-0.2, 0) is 11.8 Å². The van der Waals surface area contributed by atoms with Crippen molar-refractivity contribution in [3.8, 4) is 28.3 Å². The maximum atomic E-state index is 13.2. The first-order valence-electron chi connectivity index (χ1n) is 11.6. The third kappa shape index (κ3) is 4.30. The number of ether oxygens (including phenoxy) is 2. The van der Waals surface area contributed by atoms with Gasteiger partial charge in [-0.05, 0) is 19.9 Å². The molecule has 2 aromatic heterocycles. The predicted molar refractivity (Wildman–Crippen MR) is 134 cm³/mol. The molecule has 0 spiro atoms. The molecule has 1 aliphatic rings. The van der Waals surface area contributed by atoms with E-state index in [0.717, 1.165) is 27.9 Å². The van der Waals surface area contributed by atoms with E-state index in [2.05, 4.69) is 20.4 Å². The van der Waals surface area contributed by atoms with Gasteiger partial charge >= 0.3 is 6.03 Å². The van der Waals surface area contributed by atoms with E-state index in [-0.39, 0.29) is 18.2 Å². The molecule has 0 unspecified atom stereocenters. The average Bonchev–Trinajstić information content (AvgIpc) is 3.26. The van der Waals surface area contributed by atoms with Gasteiger partial charge in [-0.1, -0.05) is 30.3 Å². The van der Waals surface area contributed by atoms with Crippen molar-refractivity contribution >= 4 is 22.6 Å². The molecule has 5 rings (SSSR count). The first-order chi connectivity index (χ1) is 17.0. The van der Waals surface area contributed by atoms with E-state index in [0.29, 0.717) is 30.1 Å². The number of carbonyl (C=O) groups is 1. The Balaban J connectivity index is 1.59. The Hall–Kier alpha value is -3.98. The monoisotopic (exact) mass is 472 g/mol. The van der Waals surface area contributed by atoms with Crippen molar-refractivity contribution in [2.45, 2.75) is 26.0 Å². The molecule has 1 aliphatic heterocycles. The molecule has 9 nitrogen and oxygen atoms in total. The number of nitrogens with zero attached hydrogens (tertiary/aromatic N) is 5. The largest absolute Gasteiger partial charge is 0.494 e. The second-order valence-corrected chi connectivity index (χ2v) is 8.66. The summed E-state index contributed by atoms with van der Waals surface area (Å²) >= 11 is 0. The topological polar surface area (TPSA) is 94.4 Å². The Labute approximate surface area is 203 Å². The summed E-state index contributed by atoms with van der Waals surface area (Å²) in [4.78, 5) is 24.0. The summed E-state index contributed by atoms with van der Waals surface area (Å²) in [6, 6.07) is 13.4. The number of rotatable bonds is 4. The number of carbonyl (C=O) groups excluding carboxylic acids is 1. The maximum absolute atomic E-state index is 13.2. The summed E-state index contributed by atoms with van der Waals surface area (Å²) in [7, 11) is 3.46. The zero-order valence-corrected chi connectivity index (χ0v) is 20.2. The van der Waals surface area contributed by atoms with Crippen LogP contribution in [0.3, 0.4) is 0 Å². The van der Waals surface area contributed by atoms with Crippen LogP contribution in [-0.4, -0.2) is 63.1 Å². The van der Waals surface area contributed by atoms with Gasteiger partial charge in [-0.3, -0.25) is 4.68 Å². The molecular formula is C26H28N6O3. The lowest BCUT2D eigenvalue weighted by Gasteiger charge is -2.37. The number of fused-ring (bicyclic) bond motifs is 1. The number of benzene rings is 2. The molecule has 2 atom stereocenters. The fraction of sp³-hybridized carbons (Fsp3) is 0.308. The Bertz CT molecular complexity index is 1370. The predicted octanol–water partition coefficient (Wildman–Crippen LogP) is 4.35. The van der Waals surface area contributed by atoms with Crippen LogP contribution in [0.4, 0.5) is 10.5 Å².